The Morgan fingerprint density at radius 2 is 1.66 bits per heavy atom. The number of Topliss-reactive ketones (excluding diaryl/α,β-unsaturated/α-hetero) is 1. The molecule has 1 atom stereocenters. The fourth-order valence-corrected chi connectivity index (χ4v) is 3.82. The summed E-state index contributed by atoms with van der Waals surface area (Å²) in [5.74, 6) is 0.858. The van der Waals surface area contributed by atoms with Gasteiger partial charge in [0.05, 0.1) is 26.8 Å². The third-order valence-electron chi connectivity index (χ3n) is 5.41. The molecule has 7 nitrogen and oxygen atoms in total. The Hall–Kier alpha value is -3.48. The minimum Gasteiger partial charge on any atom is -0.493 e. The molecule has 1 aromatic heterocycles. The van der Waals surface area contributed by atoms with Crippen molar-refractivity contribution >= 4 is 23.0 Å². The van der Waals surface area contributed by atoms with Crippen LogP contribution in [-0.4, -0.2) is 31.7 Å². The van der Waals surface area contributed by atoms with Crippen LogP contribution in [-0.2, 0) is 7.05 Å². The molecule has 1 heterocycles. The predicted octanol–water partition coefficient (Wildman–Crippen LogP) is 3.54. The lowest BCUT2D eigenvalue weighted by Gasteiger charge is -2.13. The number of hydrogen-bond acceptors (Lipinski definition) is 6. The number of hydrogen-bond donors (Lipinski definition) is 0. The number of ketones is 1. The minimum atomic E-state index is -0.447. The van der Waals surface area contributed by atoms with Gasteiger partial charge in [0.2, 0.25) is 5.75 Å². The maximum absolute atomic E-state index is 13.1. The SMILES string of the molecule is COc1cc(C=C2C(=O)c3cc4c(cc3C2C)oc(=O)n4C)cc(OC)c1OC. The Labute approximate surface area is 167 Å². The van der Waals surface area contributed by atoms with Crippen LogP contribution in [0.2, 0.25) is 0 Å². The van der Waals surface area contributed by atoms with Crippen molar-refractivity contribution in [2.24, 2.45) is 7.05 Å². The summed E-state index contributed by atoms with van der Waals surface area (Å²) >= 11 is 0. The lowest BCUT2D eigenvalue weighted by atomic mass is 9.97. The number of oxazole rings is 1. The van der Waals surface area contributed by atoms with Crippen LogP contribution < -0.4 is 20.0 Å². The monoisotopic (exact) mass is 395 g/mol. The highest BCUT2D eigenvalue weighted by atomic mass is 16.5. The summed E-state index contributed by atoms with van der Waals surface area (Å²) in [6.07, 6.45) is 1.83. The van der Waals surface area contributed by atoms with Crippen molar-refractivity contribution in [1.82, 2.24) is 4.57 Å². The Morgan fingerprint density at radius 1 is 1.00 bits per heavy atom. The van der Waals surface area contributed by atoms with Gasteiger partial charge in [0.25, 0.3) is 0 Å². The van der Waals surface area contributed by atoms with Gasteiger partial charge >= 0.3 is 5.76 Å². The van der Waals surface area contributed by atoms with Crippen molar-refractivity contribution in [3.05, 3.63) is 57.1 Å². The van der Waals surface area contributed by atoms with E-state index in [1.54, 1.807) is 52.6 Å². The zero-order valence-corrected chi connectivity index (χ0v) is 16.9. The van der Waals surface area contributed by atoms with Crippen molar-refractivity contribution in [2.75, 3.05) is 21.3 Å². The molecule has 1 unspecified atom stereocenters. The molecule has 1 aliphatic rings. The first-order valence-electron chi connectivity index (χ1n) is 9.09. The van der Waals surface area contributed by atoms with Gasteiger partial charge in [-0.3, -0.25) is 9.36 Å². The van der Waals surface area contributed by atoms with E-state index < -0.39 is 5.76 Å². The molecule has 3 aromatic rings. The Balaban J connectivity index is 1.84. The number of rotatable bonds is 4. The molecule has 0 fully saturated rings. The summed E-state index contributed by atoms with van der Waals surface area (Å²) < 4.78 is 22.8. The Bertz CT molecular complexity index is 1210. The number of aromatic nitrogens is 1. The van der Waals surface area contributed by atoms with Crippen LogP contribution in [0.4, 0.5) is 0 Å². The van der Waals surface area contributed by atoms with Crippen LogP contribution in [0.1, 0.15) is 34.3 Å². The van der Waals surface area contributed by atoms with E-state index in [0.717, 1.165) is 11.1 Å². The van der Waals surface area contributed by atoms with Crippen LogP contribution in [0.3, 0.4) is 0 Å². The average molecular weight is 395 g/mol. The third-order valence-corrected chi connectivity index (χ3v) is 5.41. The van der Waals surface area contributed by atoms with Crippen molar-refractivity contribution in [2.45, 2.75) is 12.8 Å². The number of benzene rings is 2. The number of nitrogens with zero attached hydrogens (tertiary/aromatic N) is 1. The van der Waals surface area contributed by atoms with Crippen LogP contribution in [0.25, 0.3) is 17.2 Å². The van der Waals surface area contributed by atoms with Gasteiger partial charge in [0.1, 0.15) is 0 Å². The van der Waals surface area contributed by atoms with Gasteiger partial charge in [-0.05, 0) is 41.5 Å². The second-order valence-electron chi connectivity index (χ2n) is 6.94. The molecule has 0 spiro atoms. The van der Waals surface area contributed by atoms with Crippen LogP contribution in [0, 0.1) is 0 Å². The van der Waals surface area contributed by atoms with E-state index >= 15 is 0 Å². The number of ether oxygens (including phenoxy) is 3. The van der Waals surface area contributed by atoms with E-state index in [-0.39, 0.29) is 11.7 Å². The van der Waals surface area contributed by atoms with Gasteiger partial charge in [-0.15, -0.1) is 0 Å². The summed E-state index contributed by atoms with van der Waals surface area (Å²) in [6, 6.07) is 7.11. The van der Waals surface area contributed by atoms with E-state index in [1.165, 1.54) is 4.57 Å². The second kappa shape index (κ2) is 6.84. The number of aryl methyl sites for hydroxylation is 1. The summed E-state index contributed by atoms with van der Waals surface area (Å²) in [6.45, 7) is 1.96. The molecule has 29 heavy (non-hydrogen) atoms. The molecular weight excluding hydrogens is 374 g/mol. The number of methoxy groups -OCH3 is 3. The van der Waals surface area contributed by atoms with Gasteiger partial charge < -0.3 is 18.6 Å². The molecular formula is C22H21NO6. The van der Waals surface area contributed by atoms with Gasteiger partial charge in [-0.25, -0.2) is 4.79 Å². The van der Waals surface area contributed by atoms with E-state index in [1.807, 2.05) is 13.0 Å². The number of fused-ring (bicyclic) bond motifs is 2. The van der Waals surface area contributed by atoms with Crippen molar-refractivity contribution in [3.8, 4) is 17.2 Å². The molecule has 2 aromatic carbocycles. The molecule has 0 bridgehead atoms. The highest BCUT2D eigenvalue weighted by molar-refractivity contribution is 6.17. The van der Waals surface area contributed by atoms with Crippen LogP contribution in [0.5, 0.6) is 17.2 Å². The van der Waals surface area contributed by atoms with E-state index in [9.17, 15) is 9.59 Å². The summed E-state index contributed by atoms with van der Waals surface area (Å²) in [5, 5.41) is 0. The first-order valence-corrected chi connectivity index (χ1v) is 9.09. The van der Waals surface area contributed by atoms with E-state index in [0.29, 0.717) is 39.5 Å². The summed E-state index contributed by atoms with van der Waals surface area (Å²) in [5.41, 5.74) is 3.91. The molecule has 0 aliphatic heterocycles. The highest BCUT2D eigenvalue weighted by Crippen LogP contribution is 2.42. The molecule has 1 aliphatic carbocycles. The maximum atomic E-state index is 13.1. The van der Waals surface area contributed by atoms with Gasteiger partial charge in [-0.2, -0.15) is 0 Å². The zero-order chi connectivity index (χ0) is 20.9. The molecule has 4 rings (SSSR count). The highest BCUT2D eigenvalue weighted by Gasteiger charge is 2.33. The molecule has 0 saturated carbocycles. The largest absolute Gasteiger partial charge is 0.493 e. The third kappa shape index (κ3) is 2.81. The molecule has 0 amide bonds. The topological polar surface area (TPSA) is 79.9 Å². The van der Waals surface area contributed by atoms with Crippen LogP contribution in [0.15, 0.2) is 39.1 Å². The molecule has 0 saturated heterocycles. The first kappa shape index (κ1) is 18.9. The van der Waals surface area contributed by atoms with Gasteiger partial charge in [0.15, 0.2) is 22.9 Å². The maximum Gasteiger partial charge on any atom is 0.419 e. The molecule has 150 valence electrons. The standard InChI is InChI=1S/C22H21NO6/c1-11-13-10-17-16(23(2)22(25)29-17)9-15(13)20(24)14(11)6-12-7-18(26-3)21(28-5)19(8-12)27-4/h6-11H,1-5H3. The fraction of sp³-hybridized carbons (Fsp3) is 0.273. The minimum absolute atomic E-state index is 0.0724. The number of carbonyl (C=O) groups is 1. The van der Waals surface area contributed by atoms with Crippen molar-refractivity contribution in [3.63, 3.8) is 0 Å². The molecule has 0 radical (unpaired) electrons. The lowest BCUT2D eigenvalue weighted by Crippen LogP contribution is -2.08. The Morgan fingerprint density at radius 3 is 2.24 bits per heavy atom. The molecule has 0 N–H and O–H groups in total. The zero-order valence-electron chi connectivity index (χ0n) is 16.9. The van der Waals surface area contributed by atoms with Crippen molar-refractivity contribution < 1.29 is 23.4 Å². The number of allylic oxidation sites excluding steroid dienone is 1. The second-order valence-corrected chi connectivity index (χ2v) is 6.94. The van der Waals surface area contributed by atoms with Gasteiger partial charge in [0, 0.05) is 24.1 Å². The number of carbonyl (C=O) groups excluding carboxylic acids is 1. The van der Waals surface area contributed by atoms with Crippen molar-refractivity contribution in [1.29, 1.82) is 0 Å². The van der Waals surface area contributed by atoms with Crippen LogP contribution >= 0.6 is 0 Å². The van der Waals surface area contributed by atoms with E-state index in [2.05, 4.69) is 0 Å². The summed E-state index contributed by atoms with van der Waals surface area (Å²) in [4.78, 5) is 24.9. The first-order chi connectivity index (χ1) is 13.9. The Kier molecular flexibility index (Phi) is 4.45. The van der Waals surface area contributed by atoms with E-state index in [4.69, 9.17) is 18.6 Å². The summed E-state index contributed by atoms with van der Waals surface area (Å²) in [7, 11) is 6.26. The van der Waals surface area contributed by atoms with Gasteiger partial charge in [-0.1, -0.05) is 6.92 Å². The smallest absolute Gasteiger partial charge is 0.419 e. The fourth-order valence-electron chi connectivity index (χ4n) is 3.82. The normalized spacial score (nSPS) is 17.1. The quantitative estimate of drug-likeness (QED) is 0.629. The molecule has 7 heteroatoms. The lowest BCUT2D eigenvalue weighted by molar-refractivity contribution is 0.103. The average Bonchev–Trinajstić information content (AvgIpc) is 3.13. The predicted molar refractivity (Wildman–Crippen MR) is 108 cm³/mol.